The summed E-state index contributed by atoms with van der Waals surface area (Å²) in [4.78, 5) is 27.8. The number of urea groups is 1. The normalized spacial score (nSPS) is 13.8. The molecule has 0 saturated carbocycles. The smallest absolute Gasteiger partial charge is 0.321 e. The van der Waals surface area contributed by atoms with Gasteiger partial charge in [-0.05, 0) is 49.4 Å². The molecular formula is C21H26N4O3. The molecule has 7 nitrogen and oxygen atoms in total. The van der Waals surface area contributed by atoms with E-state index in [-0.39, 0.29) is 11.9 Å². The standard InChI is InChI=1S/C21H26N4O3/c1-3-28-20-9-7-19(8-10-20)24-11-13-25(14-12-24)21(27)23-18-6-4-5-17(15-18)22-16(2)26/h4-10,15H,3,11-14H2,1-2H3,(H,22,26)(H,23,27). The Kier molecular flexibility index (Phi) is 6.37. The van der Waals surface area contributed by atoms with E-state index in [9.17, 15) is 9.59 Å². The molecule has 2 aromatic carbocycles. The molecule has 2 aromatic rings. The summed E-state index contributed by atoms with van der Waals surface area (Å²) in [5.74, 6) is 0.722. The highest BCUT2D eigenvalue weighted by Gasteiger charge is 2.21. The van der Waals surface area contributed by atoms with Gasteiger partial charge in [0, 0.05) is 50.2 Å². The highest BCUT2D eigenvalue weighted by Crippen LogP contribution is 2.21. The molecular weight excluding hydrogens is 356 g/mol. The fourth-order valence-electron chi connectivity index (χ4n) is 3.17. The molecule has 2 N–H and O–H groups in total. The predicted molar refractivity (Wildman–Crippen MR) is 111 cm³/mol. The van der Waals surface area contributed by atoms with Crippen LogP contribution in [0.3, 0.4) is 0 Å². The summed E-state index contributed by atoms with van der Waals surface area (Å²) >= 11 is 0. The third kappa shape index (κ3) is 5.16. The molecule has 0 aliphatic carbocycles. The zero-order valence-electron chi connectivity index (χ0n) is 16.3. The number of carbonyl (C=O) groups excluding carboxylic acids is 2. The Morgan fingerprint density at radius 1 is 0.964 bits per heavy atom. The van der Waals surface area contributed by atoms with E-state index in [1.54, 1.807) is 29.2 Å². The molecule has 0 unspecified atom stereocenters. The average Bonchev–Trinajstić information content (AvgIpc) is 2.69. The molecule has 1 heterocycles. The van der Waals surface area contributed by atoms with Crippen LogP contribution in [-0.2, 0) is 4.79 Å². The van der Waals surface area contributed by atoms with E-state index >= 15 is 0 Å². The number of nitrogens with zero attached hydrogens (tertiary/aromatic N) is 2. The summed E-state index contributed by atoms with van der Waals surface area (Å²) in [5, 5.41) is 5.62. The molecule has 1 aliphatic heterocycles. The first-order valence-electron chi connectivity index (χ1n) is 9.46. The second-order valence-corrected chi connectivity index (χ2v) is 6.59. The molecule has 148 valence electrons. The maximum Gasteiger partial charge on any atom is 0.321 e. The lowest BCUT2D eigenvalue weighted by Crippen LogP contribution is -2.50. The molecule has 0 atom stereocenters. The third-order valence-electron chi connectivity index (χ3n) is 4.51. The molecule has 3 rings (SSSR count). The predicted octanol–water partition coefficient (Wildman–Crippen LogP) is 3.40. The number of hydrogen-bond acceptors (Lipinski definition) is 4. The fourth-order valence-corrected chi connectivity index (χ4v) is 3.17. The number of ether oxygens (including phenoxy) is 1. The van der Waals surface area contributed by atoms with Crippen molar-refractivity contribution in [2.75, 3.05) is 48.3 Å². The molecule has 1 aliphatic rings. The molecule has 7 heteroatoms. The van der Waals surface area contributed by atoms with Crippen LogP contribution in [0.2, 0.25) is 0 Å². The number of hydrogen-bond donors (Lipinski definition) is 2. The van der Waals surface area contributed by atoms with Gasteiger partial charge < -0.3 is 25.2 Å². The second-order valence-electron chi connectivity index (χ2n) is 6.59. The molecule has 1 fully saturated rings. The molecule has 0 spiro atoms. The van der Waals surface area contributed by atoms with Gasteiger partial charge in [-0.15, -0.1) is 0 Å². The Hall–Kier alpha value is -3.22. The van der Waals surface area contributed by atoms with E-state index in [1.165, 1.54) is 6.92 Å². The summed E-state index contributed by atoms with van der Waals surface area (Å²) in [6, 6.07) is 15.0. The molecule has 0 bridgehead atoms. The van der Waals surface area contributed by atoms with Crippen LogP contribution >= 0.6 is 0 Å². The zero-order chi connectivity index (χ0) is 19.9. The van der Waals surface area contributed by atoms with Crippen molar-refractivity contribution < 1.29 is 14.3 Å². The van der Waals surface area contributed by atoms with E-state index < -0.39 is 0 Å². The Balaban J connectivity index is 1.53. The van der Waals surface area contributed by atoms with Crippen LogP contribution < -0.4 is 20.3 Å². The van der Waals surface area contributed by atoms with Crippen LogP contribution in [0.15, 0.2) is 48.5 Å². The highest BCUT2D eigenvalue weighted by molar-refractivity contribution is 5.92. The van der Waals surface area contributed by atoms with Gasteiger partial charge in [0.25, 0.3) is 0 Å². The van der Waals surface area contributed by atoms with Gasteiger partial charge in [0.15, 0.2) is 0 Å². The first-order valence-corrected chi connectivity index (χ1v) is 9.46. The largest absolute Gasteiger partial charge is 0.494 e. The number of rotatable bonds is 5. The second kappa shape index (κ2) is 9.12. The van der Waals surface area contributed by atoms with Gasteiger partial charge in [-0.3, -0.25) is 4.79 Å². The Labute approximate surface area is 165 Å². The first-order chi connectivity index (χ1) is 13.5. The van der Waals surface area contributed by atoms with Crippen LogP contribution in [-0.4, -0.2) is 49.6 Å². The lowest BCUT2D eigenvalue weighted by Gasteiger charge is -2.36. The number of carbonyl (C=O) groups is 2. The zero-order valence-corrected chi connectivity index (χ0v) is 16.3. The van der Waals surface area contributed by atoms with Gasteiger partial charge in [-0.25, -0.2) is 4.79 Å². The fraction of sp³-hybridized carbons (Fsp3) is 0.333. The van der Waals surface area contributed by atoms with Crippen LogP contribution in [0, 0.1) is 0 Å². The number of benzene rings is 2. The first kappa shape index (κ1) is 19.5. The van der Waals surface area contributed by atoms with Crippen LogP contribution in [0.1, 0.15) is 13.8 Å². The van der Waals surface area contributed by atoms with Gasteiger partial charge in [0.1, 0.15) is 5.75 Å². The SMILES string of the molecule is CCOc1ccc(N2CCN(C(=O)Nc3cccc(NC(C)=O)c3)CC2)cc1. The van der Waals surface area contributed by atoms with Gasteiger partial charge in [-0.1, -0.05) is 6.07 Å². The lowest BCUT2D eigenvalue weighted by atomic mass is 10.2. The van der Waals surface area contributed by atoms with E-state index in [0.717, 1.165) is 24.5 Å². The highest BCUT2D eigenvalue weighted by atomic mass is 16.5. The van der Waals surface area contributed by atoms with Crippen molar-refractivity contribution in [3.05, 3.63) is 48.5 Å². The third-order valence-corrected chi connectivity index (χ3v) is 4.51. The molecule has 3 amide bonds. The van der Waals surface area contributed by atoms with Crippen molar-refractivity contribution >= 4 is 29.0 Å². The van der Waals surface area contributed by atoms with Crippen molar-refractivity contribution in [2.24, 2.45) is 0 Å². The van der Waals surface area contributed by atoms with Crippen LogP contribution in [0.5, 0.6) is 5.75 Å². The minimum absolute atomic E-state index is 0.133. The van der Waals surface area contributed by atoms with E-state index in [0.29, 0.717) is 31.1 Å². The maximum absolute atomic E-state index is 12.6. The number of piperazine rings is 1. The van der Waals surface area contributed by atoms with E-state index in [1.807, 2.05) is 31.2 Å². The van der Waals surface area contributed by atoms with E-state index in [4.69, 9.17) is 4.74 Å². The minimum Gasteiger partial charge on any atom is -0.494 e. The summed E-state index contributed by atoms with van der Waals surface area (Å²) in [6.45, 7) is 6.90. The van der Waals surface area contributed by atoms with Gasteiger partial charge in [0.05, 0.1) is 6.61 Å². The maximum atomic E-state index is 12.6. The van der Waals surface area contributed by atoms with Gasteiger partial charge in [-0.2, -0.15) is 0 Å². The number of nitrogens with one attached hydrogen (secondary N) is 2. The van der Waals surface area contributed by atoms with Crippen LogP contribution in [0.25, 0.3) is 0 Å². The topological polar surface area (TPSA) is 73.9 Å². The number of amides is 3. The molecule has 1 saturated heterocycles. The lowest BCUT2D eigenvalue weighted by molar-refractivity contribution is -0.114. The summed E-state index contributed by atoms with van der Waals surface area (Å²) in [7, 11) is 0. The summed E-state index contributed by atoms with van der Waals surface area (Å²) in [6.07, 6.45) is 0. The van der Waals surface area contributed by atoms with Crippen molar-refractivity contribution in [2.45, 2.75) is 13.8 Å². The van der Waals surface area contributed by atoms with Crippen molar-refractivity contribution in [3.63, 3.8) is 0 Å². The van der Waals surface area contributed by atoms with Crippen molar-refractivity contribution in [1.82, 2.24) is 4.90 Å². The quantitative estimate of drug-likeness (QED) is 0.831. The van der Waals surface area contributed by atoms with Gasteiger partial charge in [0.2, 0.25) is 5.91 Å². The van der Waals surface area contributed by atoms with Gasteiger partial charge >= 0.3 is 6.03 Å². The Morgan fingerprint density at radius 2 is 1.61 bits per heavy atom. The van der Waals surface area contributed by atoms with E-state index in [2.05, 4.69) is 15.5 Å². The molecule has 28 heavy (non-hydrogen) atoms. The van der Waals surface area contributed by atoms with Crippen molar-refractivity contribution in [3.8, 4) is 5.75 Å². The number of anilines is 3. The molecule has 0 aromatic heterocycles. The van der Waals surface area contributed by atoms with Crippen LogP contribution in [0.4, 0.5) is 21.9 Å². The summed E-state index contributed by atoms with van der Waals surface area (Å²) in [5.41, 5.74) is 2.45. The van der Waals surface area contributed by atoms with Crippen molar-refractivity contribution in [1.29, 1.82) is 0 Å². The Bertz CT molecular complexity index is 815. The summed E-state index contributed by atoms with van der Waals surface area (Å²) < 4.78 is 5.48. The Morgan fingerprint density at radius 3 is 2.21 bits per heavy atom. The minimum atomic E-state index is -0.145. The monoisotopic (exact) mass is 382 g/mol. The molecule has 0 radical (unpaired) electrons. The average molecular weight is 382 g/mol.